The Labute approximate surface area is 80.8 Å². The van der Waals surface area contributed by atoms with Crippen LogP contribution in [0, 0.1) is 5.82 Å². The van der Waals surface area contributed by atoms with Crippen LogP contribution in [0.3, 0.4) is 0 Å². The zero-order valence-electron chi connectivity index (χ0n) is 7.71. The molecule has 0 saturated carbocycles. The van der Waals surface area contributed by atoms with Gasteiger partial charge < -0.3 is 10.6 Å². The van der Waals surface area contributed by atoms with Crippen LogP contribution in [-0.2, 0) is 11.4 Å². The van der Waals surface area contributed by atoms with E-state index in [-0.39, 0.29) is 12.1 Å². The smallest absolute Gasteiger partial charge is 0.248 e. The van der Waals surface area contributed by atoms with Gasteiger partial charge in [-0.25, -0.2) is 4.39 Å². The fourth-order valence-electron chi connectivity index (χ4n) is 1.01. The lowest BCUT2D eigenvalue weighted by Gasteiger charge is -2.04. The van der Waals surface area contributed by atoms with Gasteiger partial charge in [0.25, 0.3) is 0 Å². The van der Waals surface area contributed by atoms with Crippen LogP contribution in [0.4, 0.5) is 4.39 Å². The highest BCUT2D eigenvalue weighted by Gasteiger charge is 2.06. The second kappa shape index (κ2) is 4.69. The van der Waals surface area contributed by atoms with Gasteiger partial charge in [-0.05, 0) is 18.2 Å². The molecule has 14 heavy (non-hydrogen) atoms. The Hall–Kier alpha value is -1.46. The number of halogens is 1. The lowest BCUT2D eigenvalue weighted by Crippen LogP contribution is -2.15. The Bertz CT molecular complexity index is 342. The lowest BCUT2D eigenvalue weighted by molar-refractivity contribution is 0.0858. The van der Waals surface area contributed by atoms with Crippen molar-refractivity contribution >= 4 is 5.91 Å². The molecule has 0 aliphatic rings. The minimum atomic E-state index is -0.580. The third-order valence-electron chi connectivity index (χ3n) is 1.74. The first-order valence-electron chi connectivity index (χ1n) is 3.99. The molecule has 1 aromatic carbocycles. The number of nitrogens with one attached hydrogen (secondary N) is 1. The lowest BCUT2D eigenvalue weighted by atomic mass is 10.1. The first-order chi connectivity index (χ1) is 6.65. The number of hydroxylamine groups is 1. The summed E-state index contributed by atoms with van der Waals surface area (Å²) in [7, 11) is 1.43. The van der Waals surface area contributed by atoms with Crippen molar-refractivity contribution in [3.05, 3.63) is 35.1 Å². The summed E-state index contributed by atoms with van der Waals surface area (Å²) in [5, 5.41) is 0. The number of primary amides is 1. The molecule has 1 rings (SSSR count). The summed E-state index contributed by atoms with van der Waals surface area (Å²) in [4.78, 5) is 15.4. The molecule has 0 atom stereocenters. The van der Waals surface area contributed by atoms with E-state index in [0.717, 1.165) is 0 Å². The third-order valence-corrected chi connectivity index (χ3v) is 1.74. The molecule has 4 nitrogen and oxygen atoms in total. The second-order valence-electron chi connectivity index (χ2n) is 2.70. The molecule has 0 aliphatic carbocycles. The van der Waals surface area contributed by atoms with E-state index in [1.54, 1.807) is 0 Å². The molecule has 0 spiro atoms. The van der Waals surface area contributed by atoms with Crippen LogP contribution in [0.2, 0.25) is 0 Å². The van der Waals surface area contributed by atoms with E-state index in [0.29, 0.717) is 5.56 Å². The third kappa shape index (κ3) is 2.51. The monoisotopic (exact) mass is 198 g/mol. The van der Waals surface area contributed by atoms with Gasteiger partial charge in [-0.1, -0.05) is 0 Å². The molecule has 1 aromatic rings. The largest absolute Gasteiger partial charge is 0.366 e. The van der Waals surface area contributed by atoms with E-state index in [4.69, 9.17) is 5.73 Å². The molecular formula is C9H11FN2O2. The van der Waals surface area contributed by atoms with Gasteiger partial charge >= 0.3 is 0 Å². The number of hydrogen-bond acceptors (Lipinski definition) is 3. The highest BCUT2D eigenvalue weighted by atomic mass is 19.1. The zero-order chi connectivity index (χ0) is 10.6. The number of amides is 1. The van der Waals surface area contributed by atoms with Crippen molar-refractivity contribution in [1.82, 2.24) is 5.48 Å². The van der Waals surface area contributed by atoms with Gasteiger partial charge in [0.1, 0.15) is 5.82 Å². The maximum Gasteiger partial charge on any atom is 0.248 e. The molecule has 5 heteroatoms. The van der Waals surface area contributed by atoms with Gasteiger partial charge in [0.15, 0.2) is 0 Å². The summed E-state index contributed by atoms with van der Waals surface area (Å²) >= 11 is 0. The molecule has 3 N–H and O–H groups in total. The van der Waals surface area contributed by atoms with Gasteiger partial charge in [-0.3, -0.25) is 4.79 Å². The molecule has 76 valence electrons. The van der Waals surface area contributed by atoms with Crippen LogP contribution in [0.25, 0.3) is 0 Å². The van der Waals surface area contributed by atoms with Gasteiger partial charge in [0.05, 0.1) is 7.11 Å². The topological polar surface area (TPSA) is 64.3 Å². The van der Waals surface area contributed by atoms with Crippen LogP contribution in [0.1, 0.15) is 15.9 Å². The van der Waals surface area contributed by atoms with E-state index in [1.165, 1.54) is 25.3 Å². The number of carbonyl (C=O) groups excluding carboxylic acids is 1. The van der Waals surface area contributed by atoms with Crippen LogP contribution >= 0.6 is 0 Å². The molecular weight excluding hydrogens is 187 g/mol. The van der Waals surface area contributed by atoms with Crippen molar-refractivity contribution in [2.45, 2.75) is 6.54 Å². The van der Waals surface area contributed by atoms with Gasteiger partial charge in [0, 0.05) is 17.7 Å². The van der Waals surface area contributed by atoms with Crippen molar-refractivity contribution in [1.29, 1.82) is 0 Å². The summed E-state index contributed by atoms with van der Waals surface area (Å²) in [5.74, 6) is -0.983. The molecule has 0 heterocycles. The van der Waals surface area contributed by atoms with E-state index in [9.17, 15) is 9.18 Å². The van der Waals surface area contributed by atoms with Gasteiger partial charge in [0.2, 0.25) is 5.91 Å². The average Bonchev–Trinajstić information content (AvgIpc) is 2.16. The molecule has 0 aromatic heterocycles. The molecule has 0 fully saturated rings. The Morgan fingerprint density at radius 2 is 2.36 bits per heavy atom. The van der Waals surface area contributed by atoms with E-state index >= 15 is 0 Å². The highest BCUT2D eigenvalue weighted by Crippen LogP contribution is 2.09. The van der Waals surface area contributed by atoms with Crippen LogP contribution in [0.15, 0.2) is 18.2 Å². The minimum Gasteiger partial charge on any atom is -0.366 e. The second-order valence-corrected chi connectivity index (χ2v) is 2.70. The summed E-state index contributed by atoms with van der Waals surface area (Å²) in [5.41, 5.74) is 8.14. The zero-order valence-corrected chi connectivity index (χ0v) is 7.71. The summed E-state index contributed by atoms with van der Waals surface area (Å²) in [6.45, 7) is 0.184. The summed E-state index contributed by atoms with van der Waals surface area (Å²) in [6, 6.07) is 3.93. The maximum absolute atomic E-state index is 13.1. The number of carbonyl (C=O) groups is 1. The fourth-order valence-corrected chi connectivity index (χ4v) is 1.01. The maximum atomic E-state index is 13.1. The molecule has 0 bridgehead atoms. The Balaban J connectivity index is 2.90. The van der Waals surface area contributed by atoms with Crippen molar-refractivity contribution in [2.75, 3.05) is 7.11 Å². The first-order valence-corrected chi connectivity index (χ1v) is 3.99. The molecule has 0 aliphatic heterocycles. The van der Waals surface area contributed by atoms with Crippen molar-refractivity contribution in [3.8, 4) is 0 Å². The SMILES string of the molecule is CONCc1cc(C(N)=O)ccc1F. The van der Waals surface area contributed by atoms with Crippen LogP contribution < -0.4 is 11.2 Å². The normalized spacial score (nSPS) is 10.1. The highest BCUT2D eigenvalue weighted by molar-refractivity contribution is 5.92. The number of nitrogens with two attached hydrogens (primary N) is 1. The summed E-state index contributed by atoms with van der Waals surface area (Å²) in [6.07, 6.45) is 0. The number of rotatable bonds is 4. The number of hydrogen-bond donors (Lipinski definition) is 2. The number of benzene rings is 1. The standard InChI is InChI=1S/C9H11FN2O2/c1-14-12-5-7-4-6(9(11)13)2-3-8(7)10/h2-4,12H,5H2,1H3,(H2,11,13). The molecule has 0 saturated heterocycles. The predicted octanol–water partition coefficient (Wildman–Crippen LogP) is 0.576. The van der Waals surface area contributed by atoms with Crippen molar-refractivity contribution < 1.29 is 14.0 Å². The quantitative estimate of drug-likeness (QED) is 0.695. The predicted molar refractivity (Wildman–Crippen MR) is 48.8 cm³/mol. The first kappa shape index (κ1) is 10.6. The van der Waals surface area contributed by atoms with Crippen molar-refractivity contribution in [3.63, 3.8) is 0 Å². The van der Waals surface area contributed by atoms with E-state index < -0.39 is 11.7 Å². The fraction of sp³-hybridized carbons (Fsp3) is 0.222. The molecule has 0 unspecified atom stereocenters. The molecule has 0 radical (unpaired) electrons. The van der Waals surface area contributed by atoms with E-state index in [1.807, 2.05) is 0 Å². The van der Waals surface area contributed by atoms with E-state index in [2.05, 4.69) is 10.3 Å². The van der Waals surface area contributed by atoms with Crippen LogP contribution in [-0.4, -0.2) is 13.0 Å². The van der Waals surface area contributed by atoms with Crippen molar-refractivity contribution in [2.24, 2.45) is 5.73 Å². The Kier molecular flexibility index (Phi) is 3.55. The average molecular weight is 198 g/mol. The van der Waals surface area contributed by atoms with Gasteiger partial charge in [-0.15, -0.1) is 0 Å². The summed E-state index contributed by atoms with van der Waals surface area (Å²) < 4.78 is 13.1. The molecule has 1 amide bonds. The Morgan fingerprint density at radius 3 is 2.93 bits per heavy atom. The Morgan fingerprint density at radius 1 is 1.64 bits per heavy atom. The van der Waals surface area contributed by atoms with Crippen LogP contribution in [0.5, 0.6) is 0 Å². The van der Waals surface area contributed by atoms with Gasteiger partial charge in [-0.2, -0.15) is 5.48 Å². The minimum absolute atomic E-state index is 0.184.